The predicted octanol–water partition coefficient (Wildman–Crippen LogP) is 5.24. The maximum Gasteiger partial charge on any atom is 0.275 e. The van der Waals surface area contributed by atoms with Crippen LogP contribution in [-0.4, -0.2) is 17.5 Å². The summed E-state index contributed by atoms with van der Waals surface area (Å²) in [7, 11) is 0. The number of benzene rings is 2. The van der Waals surface area contributed by atoms with E-state index < -0.39 is 11.7 Å². The van der Waals surface area contributed by atoms with Crippen LogP contribution in [0.25, 0.3) is 10.6 Å². The first kappa shape index (κ1) is 18.1. The number of aromatic nitrogens is 1. The molecule has 6 heteroatoms. The minimum absolute atomic E-state index is 0.135. The average Bonchev–Trinajstić information content (AvgIpc) is 3.12. The molecule has 0 aliphatic carbocycles. The van der Waals surface area contributed by atoms with E-state index in [1.165, 1.54) is 23.5 Å². The minimum atomic E-state index is -0.480. The highest BCUT2D eigenvalue weighted by atomic mass is 32.1. The molecule has 2 aromatic carbocycles. The Balaban J connectivity index is 1.74. The number of carbonyl (C=O) groups excluding carboxylic acids is 1. The number of amides is 1. The van der Waals surface area contributed by atoms with Crippen molar-refractivity contribution in [1.29, 1.82) is 0 Å². The van der Waals surface area contributed by atoms with E-state index >= 15 is 0 Å². The van der Waals surface area contributed by atoms with Gasteiger partial charge in [-0.05, 0) is 30.2 Å². The molecule has 0 aliphatic heterocycles. The number of halogens is 1. The van der Waals surface area contributed by atoms with Crippen LogP contribution in [0.4, 0.5) is 10.1 Å². The molecule has 4 nitrogen and oxygen atoms in total. The van der Waals surface area contributed by atoms with Crippen LogP contribution in [0.3, 0.4) is 0 Å². The van der Waals surface area contributed by atoms with Crippen molar-refractivity contribution in [3.05, 3.63) is 65.4 Å². The summed E-state index contributed by atoms with van der Waals surface area (Å²) in [5, 5.41) is 4.91. The minimum Gasteiger partial charge on any atom is -0.493 e. The molecule has 0 atom stereocenters. The molecule has 0 aliphatic rings. The Morgan fingerprint density at radius 1 is 1.23 bits per heavy atom. The van der Waals surface area contributed by atoms with Gasteiger partial charge in [0, 0.05) is 10.9 Å². The van der Waals surface area contributed by atoms with E-state index in [0.717, 1.165) is 11.3 Å². The second-order valence-corrected chi connectivity index (χ2v) is 7.06. The third-order valence-electron chi connectivity index (χ3n) is 3.52. The number of hydrogen-bond acceptors (Lipinski definition) is 4. The number of thiazole rings is 1. The van der Waals surface area contributed by atoms with Crippen molar-refractivity contribution in [3.63, 3.8) is 0 Å². The van der Waals surface area contributed by atoms with E-state index in [1.54, 1.807) is 17.5 Å². The second-order valence-electron chi connectivity index (χ2n) is 6.20. The van der Waals surface area contributed by atoms with Gasteiger partial charge in [0.15, 0.2) is 0 Å². The Morgan fingerprint density at radius 2 is 2.04 bits per heavy atom. The van der Waals surface area contributed by atoms with Crippen molar-refractivity contribution in [3.8, 4) is 16.3 Å². The van der Waals surface area contributed by atoms with Crippen LogP contribution in [0.15, 0.2) is 53.9 Å². The maximum atomic E-state index is 13.7. The molecular formula is C20H19FN2O2S. The first-order chi connectivity index (χ1) is 12.5. The summed E-state index contributed by atoms with van der Waals surface area (Å²) in [5.74, 6) is 0.284. The van der Waals surface area contributed by atoms with Gasteiger partial charge in [-0.1, -0.05) is 38.1 Å². The third-order valence-corrected chi connectivity index (χ3v) is 4.41. The molecule has 1 heterocycles. The Morgan fingerprint density at radius 3 is 2.81 bits per heavy atom. The van der Waals surface area contributed by atoms with Gasteiger partial charge in [0.2, 0.25) is 0 Å². The van der Waals surface area contributed by atoms with Gasteiger partial charge in [-0.25, -0.2) is 9.37 Å². The molecule has 0 saturated heterocycles. The molecule has 3 rings (SSSR count). The zero-order chi connectivity index (χ0) is 18.5. The van der Waals surface area contributed by atoms with E-state index in [2.05, 4.69) is 24.1 Å². The van der Waals surface area contributed by atoms with Gasteiger partial charge in [-0.3, -0.25) is 4.79 Å². The maximum absolute atomic E-state index is 13.7. The molecular weight excluding hydrogens is 351 g/mol. The van der Waals surface area contributed by atoms with E-state index in [-0.39, 0.29) is 11.4 Å². The number of ether oxygens (including phenoxy) is 1. The highest BCUT2D eigenvalue weighted by molar-refractivity contribution is 7.13. The second kappa shape index (κ2) is 8.10. The third kappa shape index (κ3) is 4.46. The summed E-state index contributed by atoms with van der Waals surface area (Å²) in [6.45, 7) is 4.81. The lowest BCUT2D eigenvalue weighted by atomic mass is 10.2. The number of nitrogens with one attached hydrogen (secondary N) is 1. The molecule has 26 heavy (non-hydrogen) atoms. The van der Waals surface area contributed by atoms with E-state index in [9.17, 15) is 9.18 Å². The molecule has 0 saturated carbocycles. The van der Waals surface area contributed by atoms with Gasteiger partial charge >= 0.3 is 0 Å². The van der Waals surface area contributed by atoms with Crippen LogP contribution in [0.1, 0.15) is 24.3 Å². The smallest absolute Gasteiger partial charge is 0.275 e. The predicted molar refractivity (Wildman–Crippen MR) is 102 cm³/mol. The summed E-state index contributed by atoms with van der Waals surface area (Å²) in [5.41, 5.74) is 1.26. The van der Waals surface area contributed by atoms with Crippen molar-refractivity contribution < 1.29 is 13.9 Å². The van der Waals surface area contributed by atoms with Crippen molar-refractivity contribution in [1.82, 2.24) is 4.98 Å². The topological polar surface area (TPSA) is 51.2 Å². The number of rotatable bonds is 6. The molecule has 0 spiro atoms. The lowest BCUT2D eigenvalue weighted by Gasteiger charge is -2.09. The largest absolute Gasteiger partial charge is 0.493 e. The van der Waals surface area contributed by atoms with Crippen LogP contribution >= 0.6 is 11.3 Å². The summed E-state index contributed by atoms with van der Waals surface area (Å²) < 4.78 is 19.4. The van der Waals surface area contributed by atoms with Gasteiger partial charge < -0.3 is 10.1 Å². The SMILES string of the molecule is CC(C)COc1cccc(-c2nc(C(=O)Nc3ccccc3F)cs2)c1. The molecule has 1 amide bonds. The molecule has 0 unspecified atom stereocenters. The highest BCUT2D eigenvalue weighted by Gasteiger charge is 2.14. The van der Waals surface area contributed by atoms with Gasteiger partial charge in [0.05, 0.1) is 12.3 Å². The van der Waals surface area contributed by atoms with Crippen LogP contribution < -0.4 is 10.1 Å². The zero-order valence-electron chi connectivity index (χ0n) is 14.5. The summed E-state index contributed by atoms with van der Waals surface area (Å²) in [4.78, 5) is 16.7. The standard InChI is InChI=1S/C20H19FN2O2S/c1-13(2)11-25-15-7-5-6-14(10-15)20-23-18(12-26-20)19(24)22-17-9-4-3-8-16(17)21/h3-10,12-13H,11H2,1-2H3,(H,22,24). The van der Waals surface area contributed by atoms with Crippen LogP contribution in [-0.2, 0) is 0 Å². The molecule has 3 aromatic rings. The van der Waals surface area contributed by atoms with Crippen molar-refractivity contribution in [2.75, 3.05) is 11.9 Å². The van der Waals surface area contributed by atoms with Gasteiger partial charge in [-0.15, -0.1) is 11.3 Å². The van der Waals surface area contributed by atoms with Crippen LogP contribution in [0.2, 0.25) is 0 Å². The lowest BCUT2D eigenvalue weighted by Crippen LogP contribution is -2.13. The molecule has 0 radical (unpaired) electrons. The molecule has 134 valence electrons. The number of para-hydroxylation sites is 1. The number of nitrogens with zero attached hydrogens (tertiary/aromatic N) is 1. The van der Waals surface area contributed by atoms with Crippen molar-refractivity contribution in [2.24, 2.45) is 5.92 Å². The number of anilines is 1. The molecule has 0 fully saturated rings. The van der Waals surface area contributed by atoms with Gasteiger partial charge in [-0.2, -0.15) is 0 Å². The molecule has 1 aromatic heterocycles. The van der Waals surface area contributed by atoms with Gasteiger partial charge in [0.25, 0.3) is 5.91 Å². The Hall–Kier alpha value is -2.73. The first-order valence-corrected chi connectivity index (χ1v) is 9.15. The fourth-order valence-electron chi connectivity index (χ4n) is 2.24. The van der Waals surface area contributed by atoms with E-state index in [0.29, 0.717) is 17.5 Å². The Labute approximate surface area is 155 Å². The molecule has 0 bridgehead atoms. The normalized spacial score (nSPS) is 10.8. The fraction of sp³-hybridized carbons (Fsp3) is 0.200. The van der Waals surface area contributed by atoms with Crippen molar-refractivity contribution >= 4 is 22.9 Å². The monoisotopic (exact) mass is 370 g/mol. The zero-order valence-corrected chi connectivity index (χ0v) is 15.3. The first-order valence-electron chi connectivity index (χ1n) is 8.27. The number of hydrogen-bond donors (Lipinski definition) is 1. The van der Waals surface area contributed by atoms with E-state index in [4.69, 9.17) is 4.74 Å². The summed E-state index contributed by atoms with van der Waals surface area (Å²) in [6.07, 6.45) is 0. The quantitative estimate of drug-likeness (QED) is 0.646. The Kier molecular flexibility index (Phi) is 5.63. The van der Waals surface area contributed by atoms with Gasteiger partial charge in [0.1, 0.15) is 22.3 Å². The molecule has 1 N–H and O–H groups in total. The lowest BCUT2D eigenvalue weighted by molar-refractivity contribution is 0.102. The van der Waals surface area contributed by atoms with Crippen LogP contribution in [0, 0.1) is 11.7 Å². The highest BCUT2D eigenvalue weighted by Crippen LogP contribution is 2.27. The van der Waals surface area contributed by atoms with Crippen molar-refractivity contribution in [2.45, 2.75) is 13.8 Å². The fourth-order valence-corrected chi connectivity index (χ4v) is 3.04. The summed E-state index contributed by atoms with van der Waals surface area (Å²) in [6, 6.07) is 13.6. The summed E-state index contributed by atoms with van der Waals surface area (Å²) >= 11 is 1.36. The number of carbonyl (C=O) groups is 1. The Bertz CT molecular complexity index is 908. The van der Waals surface area contributed by atoms with E-state index in [1.807, 2.05) is 24.3 Å². The van der Waals surface area contributed by atoms with Crippen LogP contribution in [0.5, 0.6) is 5.75 Å². The average molecular weight is 370 g/mol.